The number of pyridine rings is 1. The molecule has 0 unspecified atom stereocenters. The quantitative estimate of drug-likeness (QED) is 0.563. The second-order valence-corrected chi connectivity index (χ2v) is 2.09. The maximum Gasteiger partial charge on any atom is 0.0441 e. The van der Waals surface area contributed by atoms with E-state index >= 15 is 0 Å². The van der Waals surface area contributed by atoms with Crippen molar-refractivity contribution < 1.29 is 0 Å². The molecule has 0 bridgehead atoms. The van der Waals surface area contributed by atoms with Gasteiger partial charge in [0.25, 0.3) is 0 Å². The van der Waals surface area contributed by atoms with E-state index in [1.54, 1.807) is 0 Å². The predicted octanol–water partition coefficient (Wildman–Crippen LogP) is 2.20. The molecule has 0 saturated heterocycles. The molecule has 0 saturated carbocycles. The van der Waals surface area contributed by atoms with Crippen LogP contribution in [-0.4, -0.2) is 4.98 Å². The summed E-state index contributed by atoms with van der Waals surface area (Å²) in [4.78, 5) is 4.16. The molecule has 1 heterocycles. The van der Waals surface area contributed by atoms with Crippen molar-refractivity contribution in [1.82, 2.24) is 4.98 Å². The zero-order chi connectivity index (χ0) is 7.23. The van der Waals surface area contributed by atoms with E-state index in [4.69, 9.17) is 0 Å². The average Bonchev–Trinajstić information content (AvgIpc) is 2.03. The Morgan fingerprint density at radius 1 is 1.50 bits per heavy atom. The Labute approximate surface area is 61.4 Å². The number of hydrogen-bond acceptors (Lipinski definition) is 1. The highest BCUT2D eigenvalue weighted by Gasteiger charge is 1.84. The van der Waals surface area contributed by atoms with Crippen molar-refractivity contribution in [2.75, 3.05) is 0 Å². The van der Waals surface area contributed by atoms with Crippen LogP contribution in [0.4, 0.5) is 0 Å². The van der Waals surface area contributed by atoms with E-state index in [0.717, 1.165) is 12.1 Å². The maximum atomic E-state index is 4.16. The van der Waals surface area contributed by atoms with E-state index in [1.165, 1.54) is 0 Å². The van der Waals surface area contributed by atoms with E-state index < -0.39 is 0 Å². The van der Waals surface area contributed by atoms with Crippen molar-refractivity contribution in [2.24, 2.45) is 0 Å². The highest BCUT2D eigenvalue weighted by atomic mass is 14.7. The van der Waals surface area contributed by atoms with Gasteiger partial charge in [-0.25, -0.2) is 0 Å². The number of rotatable bonds is 2. The van der Waals surface area contributed by atoms with Gasteiger partial charge in [-0.05, 0) is 19.1 Å². The van der Waals surface area contributed by atoms with Gasteiger partial charge in [0.2, 0.25) is 0 Å². The molecule has 0 N–H and O–H groups in total. The van der Waals surface area contributed by atoms with Crippen LogP contribution >= 0.6 is 0 Å². The number of allylic oxidation sites excluding steroid dienone is 2. The summed E-state index contributed by atoms with van der Waals surface area (Å²) in [6, 6.07) is 5.96. The number of hydrogen-bond donors (Lipinski definition) is 0. The van der Waals surface area contributed by atoms with Crippen LogP contribution in [0.15, 0.2) is 36.5 Å². The minimum absolute atomic E-state index is 0.942. The lowest BCUT2D eigenvalue weighted by molar-refractivity contribution is 1.11. The standard InChI is InChI=1S/C9H11N/c1-2-3-6-9-7-4-5-8-10-9/h2-5,7-8H,6H2,1H3. The monoisotopic (exact) mass is 133 g/mol. The van der Waals surface area contributed by atoms with Crippen molar-refractivity contribution in [2.45, 2.75) is 13.3 Å². The van der Waals surface area contributed by atoms with Crippen LogP contribution < -0.4 is 0 Å². The van der Waals surface area contributed by atoms with Crippen LogP contribution in [0.25, 0.3) is 0 Å². The van der Waals surface area contributed by atoms with Crippen LogP contribution in [0.5, 0.6) is 0 Å². The highest BCUT2D eigenvalue weighted by Crippen LogP contribution is 1.94. The summed E-state index contributed by atoms with van der Waals surface area (Å²) in [6.45, 7) is 2.02. The Bertz CT molecular complexity index is 201. The second-order valence-electron chi connectivity index (χ2n) is 2.09. The summed E-state index contributed by atoms with van der Waals surface area (Å²) in [5.74, 6) is 0. The molecule has 0 atom stereocenters. The topological polar surface area (TPSA) is 12.9 Å². The molecule has 10 heavy (non-hydrogen) atoms. The van der Waals surface area contributed by atoms with E-state index in [-0.39, 0.29) is 0 Å². The first kappa shape index (κ1) is 7.00. The largest absolute Gasteiger partial charge is 0.261 e. The van der Waals surface area contributed by atoms with Gasteiger partial charge in [0, 0.05) is 18.3 Å². The van der Waals surface area contributed by atoms with Crippen LogP contribution in [0.3, 0.4) is 0 Å². The van der Waals surface area contributed by atoms with Gasteiger partial charge in [-0.1, -0.05) is 18.2 Å². The molecular formula is C9H11N. The molecule has 0 spiro atoms. The lowest BCUT2D eigenvalue weighted by Gasteiger charge is -1.91. The van der Waals surface area contributed by atoms with E-state index in [2.05, 4.69) is 11.1 Å². The van der Waals surface area contributed by atoms with Crippen LogP contribution in [0, 0.1) is 0 Å². The summed E-state index contributed by atoms with van der Waals surface area (Å²) < 4.78 is 0. The van der Waals surface area contributed by atoms with Crippen molar-refractivity contribution in [3.8, 4) is 0 Å². The molecule has 0 aliphatic rings. The first-order valence-corrected chi connectivity index (χ1v) is 3.44. The van der Waals surface area contributed by atoms with Gasteiger partial charge in [-0.2, -0.15) is 0 Å². The maximum absolute atomic E-state index is 4.16. The molecular weight excluding hydrogens is 122 g/mol. The van der Waals surface area contributed by atoms with Gasteiger partial charge in [-0.3, -0.25) is 4.98 Å². The summed E-state index contributed by atoms with van der Waals surface area (Å²) >= 11 is 0. The molecule has 0 aromatic carbocycles. The Morgan fingerprint density at radius 2 is 2.40 bits per heavy atom. The molecule has 0 aliphatic heterocycles. The summed E-state index contributed by atoms with van der Waals surface area (Å²) in [5.41, 5.74) is 1.13. The van der Waals surface area contributed by atoms with Crippen molar-refractivity contribution in [1.29, 1.82) is 0 Å². The zero-order valence-electron chi connectivity index (χ0n) is 6.12. The molecule has 0 radical (unpaired) electrons. The van der Waals surface area contributed by atoms with Gasteiger partial charge < -0.3 is 0 Å². The molecule has 1 aromatic rings. The minimum atomic E-state index is 0.942. The Kier molecular flexibility index (Phi) is 2.68. The third-order valence-electron chi connectivity index (χ3n) is 1.29. The summed E-state index contributed by atoms with van der Waals surface area (Å²) in [7, 11) is 0. The fraction of sp³-hybridized carbons (Fsp3) is 0.222. The van der Waals surface area contributed by atoms with Gasteiger partial charge in [0.05, 0.1) is 0 Å². The Balaban J connectivity index is 2.59. The third-order valence-corrected chi connectivity index (χ3v) is 1.29. The fourth-order valence-corrected chi connectivity index (χ4v) is 0.757. The molecule has 1 rings (SSSR count). The third kappa shape index (κ3) is 2.02. The Hall–Kier alpha value is -1.11. The van der Waals surface area contributed by atoms with Gasteiger partial charge in [0.15, 0.2) is 0 Å². The minimum Gasteiger partial charge on any atom is -0.261 e. The molecule has 52 valence electrons. The van der Waals surface area contributed by atoms with Crippen molar-refractivity contribution in [3.05, 3.63) is 42.2 Å². The van der Waals surface area contributed by atoms with Crippen molar-refractivity contribution in [3.63, 3.8) is 0 Å². The summed E-state index contributed by atoms with van der Waals surface area (Å²) in [5, 5.41) is 0. The van der Waals surface area contributed by atoms with Crippen LogP contribution in [-0.2, 0) is 6.42 Å². The predicted molar refractivity (Wildman–Crippen MR) is 42.8 cm³/mol. The lowest BCUT2D eigenvalue weighted by Crippen LogP contribution is -1.83. The number of nitrogens with zero attached hydrogens (tertiary/aromatic N) is 1. The second kappa shape index (κ2) is 3.83. The fourth-order valence-electron chi connectivity index (χ4n) is 0.757. The number of aromatic nitrogens is 1. The SMILES string of the molecule is CC=CCc1ccccn1. The molecule has 1 heteroatoms. The van der Waals surface area contributed by atoms with Crippen LogP contribution in [0.1, 0.15) is 12.6 Å². The molecule has 1 aromatic heterocycles. The van der Waals surface area contributed by atoms with Crippen molar-refractivity contribution >= 4 is 0 Å². The highest BCUT2D eigenvalue weighted by molar-refractivity contribution is 5.07. The molecule has 1 nitrogen and oxygen atoms in total. The summed E-state index contributed by atoms with van der Waals surface area (Å²) in [6.07, 6.45) is 6.90. The molecule has 0 amide bonds. The van der Waals surface area contributed by atoms with E-state index in [9.17, 15) is 0 Å². The van der Waals surface area contributed by atoms with Gasteiger partial charge >= 0.3 is 0 Å². The smallest absolute Gasteiger partial charge is 0.0441 e. The van der Waals surface area contributed by atoms with Gasteiger partial charge in [0.1, 0.15) is 0 Å². The normalized spacial score (nSPS) is 10.5. The van der Waals surface area contributed by atoms with E-state index in [0.29, 0.717) is 0 Å². The first-order chi connectivity index (χ1) is 4.93. The lowest BCUT2D eigenvalue weighted by atomic mass is 10.2. The van der Waals surface area contributed by atoms with E-state index in [1.807, 2.05) is 37.4 Å². The first-order valence-electron chi connectivity index (χ1n) is 3.44. The van der Waals surface area contributed by atoms with Gasteiger partial charge in [-0.15, -0.1) is 0 Å². The molecule has 0 aliphatic carbocycles. The average molecular weight is 133 g/mol. The van der Waals surface area contributed by atoms with Crippen LogP contribution in [0.2, 0.25) is 0 Å². The Morgan fingerprint density at radius 3 is 3.00 bits per heavy atom. The molecule has 0 fully saturated rings. The zero-order valence-corrected chi connectivity index (χ0v) is 6.12.